The molecule has 5 heteroatoms. The Hall–Kier alpha value is -2.82. The van der Waals surface area contributed by atoms with E-state index in [1.807, 2.05) is 0 Å². The Morgan fingerprint density at radius 2 is 1.50 bits per heavy atom. The van der Waals surface area contributed by atoms with Crippen LogP contribution in [-0.4, -0.2) is 31.1 Å². The van der Waals surface area contributed by atoms with Crippen LogP contribution in [0.1, 0.15) is 21.8 Å². The highest BCUT2D eigenvalue weighted by molar-refractivity contribution is 6.12. The van der Waals surface area contributed by atoms with Crippen LogP contribution in [0, 0.1) is 0 Å². The Morgan fingerprint density at radius 1 is 0.955 bits per heavy atom. The number of methoxy groups -OCH3 is 2. The number of benzene rings is 2. The van der Waals surface area contributed by atoms with E-state index < -0.39 is 17.7 Å². The van der Waals surface area contributed by atoms with Gasteiger partial charge in [-0.05, 0) is 17.7 Å². The first kappa shape index (κ1) is 15.6. The normalized spacial score (nSPS) is 11.5. The van der Waals surface area contributed by atoms with Crippen molar-refractivity contribution in [1.29, 1.82) is 0 Å². The molecule has 0 aromatic heterocycles. The second kappa shape index (κ2) is 6.76. The standard InChI is InChI=1S/C17H16O5/c1-21-13-8-12(9-14(10-13)22-2)15(17(19)20)16(18)11-6-4-3-5-7-11/h3-10,15H,1-2H3,(H,19,20). The van der Waals surface area contributed by atoms with Crippen LogP contribution in [0.25, 0.3) is 0 Å². The average Bonchev–Trinajstić information content (AvgIpc) is 2.55. The molecule has 0 aliphatic heterocycles. The van der Waals surface area contributed by atoms with Crippen LogP contribution < -0.4 is 9.47 Å². The van der Waals surface area contributed by atoms with Crippen LogP contribution >= 0.6 is 0 Å². The van der Waals surface area contributed by atoms with Gasteiger partial charge in [0.1, 0.15) is 17.4 Å². The first-order valence-electron chi connectivity index (χ1n) is 6.62. The fourth-order valence-corrected chi connectivity index (χ4v) is 2.17. The lowest BCUT2D eigenvalue weighted by atomic mass is 9.90. The highest BCUT2D eigenvalue weighted by atomic mass is 16.5. The van der Waals surface area contributed by atoms with Gasteiger partial charge in [0.15, 0.2) is 5.78 Å². The largest absolute Gasteiger partial charge is 0.497 e. The van der Waals surface area contributed by atoms with Gasteiger partial charge in [-0.1, -0.05) is 30.3 Å². The van der Waals surface area contributed by atoms with Gasteiger partial charge < -0.3 is 14.6 Å². The Morgan fingerprint density at radius 3 is 1.95 bits per heavy atom. The fraction of sp³-hybridized carbons (Fsp3) is 0.176. The molecular weight excluding hydrogens is 284 g/mol. The smallest absolute Gasteiger partial charge is 0.318 e. The minimum absolute atomic E-state index is 0.317. The number of ether oxygens (including phenoxy) is 2. The molecule has 0 saturated heterocycles. The molecule has 0 spiro atoms. The highest BCUT2D eigenvalue weighted by Gasteiger charge is 2.30. The second-order valence-electron chi connectivity index (χ2n) is 4.65. The van der Waals surface area contributed by atoms with Crippen molar-refractivity contribution in [2.75, 3.05) is 14.2 Å². The number of carbonyl (C=O) groups excluding carboxylic acids is 1. The molecular formula is C17H16O5. The summed E-state index contributed by atoms with van der Waals surface area (Å²) in [6, 6.07) is 13.0. The molecule has 0 bridgehead atoms. The summed E-state index contributed by atoms with van der Waals surface area (Å²) in [5.41, 5.74) is 0.661. The number of hydrogen-bond acceptors (Lipinski definition) is 4. The molecule has 22 heavy (non-hydrogen) atoms. The zero-order valence-corrected chi connectivity index (χ0v) is 12.3. The Balaban J connectivity index is 2.49. The number of Topliss-reactive ketones (excluding diaryl/α,β-unsaturated/α-hetero) is 1. The van der Waals surface area contributed by atoms with E-state index in [2.05, 4.69) is 0 Å². The van der Waals surface area contributed by atoms with E-state index in [0.29, 0.717) is 22.6 Å². The highest BCUT2D eigenvalue weighted by Crippen LogP contribution is 2.29. The van der Waals surface area contributed by atoms with E-state index in [9.17, 15) is 14.7 Å². The van der Waals surface area contributed by atoms with Gasteiger partial charge in [0.25, 0.3) is 0 Å². The van der Waals surface area contributed by atoms with E-state index in [-0.39, 0.29) is 0 Å². The van der Waals surface area contributed by atoms with Crippen molar-refractivity contribution < 1.29 is 24.2 Å². The average molecular weight is 300 g/mol. The molecule has 2 aromatic rings. The maximum atomic E-state index is 12.5. The predicted octanol–water partition coefficient (Wildman–Crippen LogP) is 2.75. The fourth-order valence-electron chi connectivity index (χ4n) is 2.17. The molecule has 5 nitrogen and oxygen atoms in total. The molecule has 0 amide bonds. The summed E-state index contributed by atoms with van der Waals surface area (Å²) in [6.45, 7) is 0. The zero-order valence-electron chi connectivity index (χ0n) is 12.3. The third kappa shape index (κ3) is 3.25. The minimum Gasteiger partial charge on any atom is -0.497 e. The van der Waals surface area contributed by atoms with Crippen LogP contribution in [0.5, 0.6) is 11.5 Å². The summed E-state index contributed by atoms with van der Waals surface area (Å²) >= 11 is 0. The van der Waals surface area contributed by atoms with Crippen LogP contribution in [0.4, 0.5) is 0 Å². The van der Waals surface area contributed by atoms with E-state index in [1.165, 1.54) is 26.4 Å². The van der Waals surface area contributed by atoms with E-state index in [1.54, 1.807) is 36.4 Å². The van der Waals surface area contributed by atoms with Gasteiger partial charge >= 0.3 is 5.97 Å². The number of carbonyl (C=O) groups is 2. The number of carboxylic acid groups (broad SMARTS) is 1. The van der Waals surface area contributed by atoms with Gasteiger partial charge in [-0.3, -0.25) is 9.59 Å². The van der Waals surface area contributed by atoms with Crippen molar-refractivity contribution in [3.63, 3.8) is 0 Å². The van der Waals surface area contributed by atoms with Gasteiger partial charge in [-0.25, -0.2) is 0 Å². The van der Waals surface area contributed by atoms with Crippen LogP contribution in [-0.2, 0) is 4.79 Å². The maximum Gasteiger partial charge on any atom is 0.318 e. The van der Waals surface area contributed by atoms with E-state index in [0.717, 1.165) is 0 Å². The SMILES string of the molecule is COc1cc(OC)cc(C(C(=O)O)C(=O)c2ccccc2)c1. The molecule has 114 valence electrons. The molecule has 0 aliphatic carbocycles. The molecule has 0 saturated carbocycles. The molecule has 1 atom stereocenters. The molecule has 0 heterocycles. The zero-order chi connectivity index (χ0) is 16.1. The van der Waals surface area contributed by atoms with Crippen LogP contribution in [0.3, 0.4) is 0 Å². The Bertz CT molecular complexity index is 656. The lowest BCUT2D eigenvalue weighted by Gasteiger charge is -2.14. The molecule has 1 N–H and O–H groups in total. The first-order chi connectivity index (χ1) is 10.6. The summed E-state index contributed by atoms with van der Waals surface area (Å²) in [5.74, 6) is -2.15. The third-order valence-electron chi connectivity index (χ3n) is 3.27. The molecule has 2 rings (SSSR count). The number of hydrogen-bond donors (Lipinski definition) is 1. The topological polar surface area (TPSA) is 72.8 Å². The van der Waals surface area contributed by atoms with Crippen molar-refractivity contribution in [3.05, 3.63) is 59.7 Å². The summed E-state index contributed by atoms with van der Waals surface area (Å²) in [6.07, 6.45) is 0. The van der Waals surface area contributed by atoms with E-state index in [4.69, 9.17) is 9.47 Å². The quantitative estimate of drug-likeness (QED) is 0.656. The van der Waals surface area contributed by atoms with Crippen LogP contribution in [0.15, 0.2) is 48.5 Å². The third-order valence-corrected chi connectivity index (χ3v) is 3.27. The van der Waals surface area contributed by atoms with Gasteiger partial charge in [0.05, 0.1) is 14.2 Å². The molecule has 2 aromatic carbocycles. The second-order valence-corrected chi connectivity index (χ2v) is 4.65. The molecule has 0 aliphatic rings. The number of carboxylic acids is 1. The predicted molar refractivity (Wildman–Crippen MR) is 80.7 cm³/mol. The van der Waals surface area contributed by atoms with Gasteiger partial charge in [0, 0.05) is 11.6 Å². The lowest BCUT2D eigenvalue weighted by molar-refractivity contribution is -0.137. The van der Waals surface area contributed by atoms with Crippen molar-refractivity contribution in [1.82, 2.24) is 0 Å². The minimum atomic E-state index is -1.31. The first-order valence-corrected chi connectivity index (χ1v) is 6.62. The van der Waals surface area contributed by atoms with Crippen molar-refractivity contribution in [3.8, 4) is 11.5 Å². The molecule has 0 fully saturated rings. The maximum absolute atomic E-state index is 12.5. The summed E-state index contributed by atoms with van der Waals surface area (Å²) in [4.78, 5) is 24.1. The molecule has 1 unspecified atom stereocenters. The van der Waals surface area contributed by atoms with Crippen molar-refractivity contribution in [2.45, 2.75) is 5.92 Å². The Labute approximate surface area is 128 Å². The van der Waals surface area contributed by atoms with Gasteiger partial charge in [-0.15, -0.1) is 0 Å². The number of aliphatic carboxylic acids is 1. The van der Waals surface area contributed by atoms with Gasteiger partial charge in [0.2, 0.25) is 0 Å². The lowest BCUT2D eigenvalue weighted by Crippen LogP contribution is -2.22. The molecule has 0 radical (unpaired) electrons. The van der Waals surface area contributed by atoms with E-state index >= 15 is 0 Å². The Kier molecular flexibility index (Phi) is 4.78. The van der Waals surface area contributed by atoms with Crippen molar-refractivity contribution in [2.24, 2.45) is 0 Å². The summed E-state index contributed by atoms with van der Waals surface area (Å²) < 4.78 is 10.3. The number of ketones is 1. The van der Waals surface area contributed by atoms with Crippen molar-refractivity contribution >= 4 is 11.8 Å². The van der Waals surface area contributed by atoms with Crippen LogP contribution in [0.2, 0.25) is 0 Å². The summed E-state index contributed by atoms with van der Waals surface area (Å²) in [7, 11) is 2.93. The number of rotatable bonds is 6. The summed E-state index contributed by atoms with van der Waals surface area (Å²) in [5, 5.41) is 9.48. The monoisotopic (exact) mass is 300 g/mol. The van der Waals surface area contributed by atoms with Gasteiger partial charge in [-0.2, -0.15) is 0 Å².